The second-order valence-corrected chi connectivity index (χ2v) is 6.13. The van der Waals surface area contributed by atoms with Gasteiger partial charge in [-0.25, -0.2) is 0 Å². The summed E-state index contributed by atoms with van der Waals surface area (Å²) in [7, 11) is 0. The van der Waals surface area contributed by atoms with Gasteiger partial charge >= 0.3 is 0 Å². The summed E-state index contributed by atoms with van der Waals surface area (Å²) in [5.74, 6) is 0.572. The van der Waals surface area contributed by atoms with Crippen LogP contribution in [0.2, 0.25) is 0 Å². The fraction of sp³-hybridized carbons (Fsp3) is 0.562. The highest BCUT2D eigenvalue weighted by Crippen LogP contribution is 2.20. The highest BCUT2D eigenvalue weighted by Gasteiger charge is 2.20. The number of likely N-dealkylation sites (tertiary alicyclic amines) is 1. The van der Waals surface area contributed by atoms with Crippen molar-refractivity contribution in [3.05, 3.63) is 29.8 Å². The van der Waals surface area contributed by atoms with Crippen LogP contribution in [-0.4, -0.2) is 22.6 Å². The van der Waals surface area contributed by atoms with E-state index in [9.17, 15) is 0 Å². The van der Waals surface area contributed by atoms with E-state index in [1.807, 2.05) is 0 Å². The molecule has 0 radical (unpaired) electrons. The molecule has 0 saturated carbocycles. The lowest BCUT2D eigenvalue weighted by Gasteiger charge is -2.35. The molecule has 1 atom stereocenters. The van der Waals surface area contributed by atoms with Crippen molar-refractivity contribution in [3.63, 3.8) is 0 Å². The first-order valence-electron chi connectivity index (χ1n) is 7.25. The SMILES string of the molecule is CC(C)c1ccc(NC(=S)N2CCCC[C@@H]2C)cc1. The normalized spacial score (nSPS) is 19.6. The molecule has 0 unspecified atom stereocenters. The number of thiocarbonyl (C=S) groups is 1. The predicted molar refractivity (Wildman–Crippen MR) is 86.8 cm³/mol. The fourth-order valence-electron chi connectivity index (χ4n) is 2.55. The van der Waals surface area contributed by atoms with Gasteiger partial charge in [-0.3, -0.25) is 0 Å². The molecule has 1 N–H and O–H groups in total. The number of piperidine rings is 1. The van der Waals surface area contributed by atoms with E-state index in [2.05, 4.69) is 55.3 Å². The van der Waals surface area contributed by atoms with E-state index in [0.717, 1.165) is 17.3 Å². The Hall–Kier alpha value is -1.09. The van der Waals surface area contributed by atoms with Crippen molar-refractivity contribution in [2.24, 2.45) is 0 Å². The zero-order valence-electron chi connectivity index (χ0n) is 12.1. The van der Waals surface area contributed by atoms with Gasteiger partial charge in [0, 0.05) is 18.3 Å². The van der Waals surface area contributed by atoms with Gasteiger partial charge in [0.05, 0.1) is 0 Å². The lowest BCUT2D eigenvalue weighted by Crippen LogP contribution is -2.44. The Morgan fingerprint density at radius 1 is 1.26 bits per heavy atom. The van der Waals surface area contributed by atoms with E-state index in [1.54, 1.807) is 0 Å². The Morgan fingerprint density at radius 2 is 1.95 bits per heavy atom. The van der Waals surface area contributed by atoms with Crippen molar-refractivity contribution in [1.29, 1.82) is 0 Å². The Labute approximate surface area is 122 Å². The van der Waals surface area contributed by atoms with Crippen molar-refractivity contribution in [3.8, 4) is 0 Å². The van der Waals surface area contributed by atoms with Crippen LogP contribution in [-0.2, 0) is 0 Å². The van der Waals surface area contributed by atoms with Gasteiger partial charge in [-0.2, -0.15) is 0 Å². The second kappa shape index (κ2) is 6.38. The number of hydrogen-bond donors (Lipinski definition) is 1. The molecular weight excluding hydrogens is 252 g/mol. The maximum atomic E-state index is 5.53. The molecule has 1 aromatic rings. The van der Waals surface area contributed by atoms with Crippen molar-refractivity contribution >= 4 is 23.0 Å². The van der Waals surface area contributed by atoms with Gasteiger partial charge in [-0.1, -0.05) is 26.0 Å². The molecule has 0 spiro atoms. The van der Waals surface area contributed by atoms with Crippen LogP contribution < -0.4 is 5.32 Å². The third-order valence-corrected chi connectivity index (χ3v) is 4.23. The Balaban J connectivity index is 1.98. The van der Waals surface area contributed by atoms with Gasteiger partial charge in [-0.05, 0) is 62.0 Å². The highest BCUT2D eigenvalue weighted by molar-refractivity contribution is 7.80. The molecule has 0 amide bonds. The summed E-state index contributed by atoms with van der Waals surface area (Å²) >= 11 is 5.53. The predicted octanol–water partition coefficient (Wildman–Crippen LogP) is 4.38. The van der Waals surface area contributed by atoms with Crippen LogP contribution in [0.4, 0.5) is 5.69 Å². The van der Waals surface area contributed by atoms with E-state index in [1.165, 1.54) is 24.8 Å². The molecule has 0 aromatic heterocycles. The third-order valence-electron chi connectivity index (χ3n) is 3.89. The summed E-state index contributed by atoms with van der Waals surface area (Å²) < 4.78 is 0. The van der Waals surface area contributed by atoms with E-state index in [0.29, 0.717) is 12.0 Å². The molecule has 1 aliphatic rings. The number of hydrogen-bond acceptors (Lipinski definition) is 1. The smallest absolute Gasteiger partial charge is 0.173 e. The topological polar surface area (TPSA) is 15.3 Å². The van der Waals surface area contributed by atoms with Crippen LogP contribution in [0.3, 0.4) is 0 Å². The lowest BCUT2D eigenvalue weighted by atomic mass is 10.0. The molecule has 1 fully saturated rings. The molecule has 2 rings (SSSR count). The van der Waals surface area contributed by atoms with E-state index in [-0.39, 0.29) is 0 Å². The number of rotatable bonds is 2. The van der Waals surface area contributed by atoms with Crippen LogP contribution in [0.15, 0.2) is 24.3 Å². The van der Waals surface area contributed by atoms with Crippen LogP contribution in [0.1, 0.15) is 51.5 Å². The molecule has 104 valence electrons. The monoisotopic (exact) mass is 276 g/mol. The number of nitrogens with zero attached hydrogens (tertiary/aromatic N) is 1. The Kier molecular flexibility index (Phi) is 4.81. The summed E-state index contributed by atoms with van der Waals surface area (Å²) in [6, 6.07) is 9.15. The quantitative estimate of drug-likeness (QED) is 0.807. The average molecular weight is 276 g/mol. The minimum Gasteiger partial charge on any atom is -0.346 e. The Morgan fingerprint density at radius 3 is 2.53 bits per heavy atom. The summed E-state index contributed by atoms with van der Waals surface area (Å²) in [6.45, 7) is 7.76. The van der Waals surface area contributed by atoms with Gasteiger partial charge in [0.2, 0.25) is 0 Å². The molecule has 1 aliphatic heterocycles. The molecule has 1 aromatic carbocycles. The van der Waals surface area contributed by atoms with E-state index in [4.69, 9.17) is 12.2 Å². The fourth-order valence-corrected chi connectivity index (χ4v) is 2.94. The van der Waals surface area contributed by atoms with Crippen molar-refractivity contribution in [2.45, 2.75) is 52.0 Å². The van der Waals surface area contributed by atoms with Gasteiger partial charge in [0.15, 0.2) is 5.11 Å². The molecule has 3 heteroatoms. The molecule has 1 saturated heterocycles. The first-order valence-corrected chi connectivity index (χ1v) is 7.66. The maximum absolute atomic E-state index is 5.53. The largest absolute Gasteiger partial charge is 0.346 e. The zero-order chi connectivity index (χ0) is 13.8. The third kappa shape index (κ3) is 3.69. The van der Waals surface area contributed by atoms with Gasteiger partial charge in [0.1, 0.15) is 0 Å². The summed E-state index contributed by atoms with van der Waals surface area (Å²) in [5.41, 5.74) is 2.45. The zero-order valence-corrected chi connectivity index (χ0v) is 13.0. The molecule has 0 bridgehead atoms. The second-order valence-electron chi connectivity index (χ2n) is 5.75. The summed E-state index contributed by atoms with van der Waals surface area (Å²) in [4.78, 5) is 2.31. The molecular formula is C16H24N2S. The minimum atomic E-state index is 0.559. The van der Waals surface area contributed by atoms with Crippen LogP contribution >= 0.6 is 12.2 Å². The average Bonchev–Trinajstić information content (AvgIpc) is 2.39. The van der Waals surface area contributed by atoms with Gasteiger partial charge in [-0.15, -0.1) is 0 Å². The van der Waals surface area contributed by atoms with Crippen molar-refractivity contribution < 1.29 is 0 Å². The molecule has 19 heavy (non-hydrogen) atoms. The van der Waals surface area contributed by atoms with Crippen LogP contribution in [0.5, 0.6) is 0 Å². The van der Waals surface area contributed by atoms with Crippen LogP contribution in [0, 0.1) is 0 Å². The maximum Gasteiger partial charge on any atom is 0.173 e. The summed E-state index contributed by atoms with van der Waals surface area (Å²) in [6.07, 6.45) is 3.82. The van der Waals surface area contributed by atoms with Crippen molar-refractivity contribution in [1.82, 2.24) is 4.90 Å². The summed E-state index contributed by atoms with van der Waals surface area (Å²) in [5, 5.41) is 4.23. The van der Waals surface area contributed by atoms with Crippen LogP contribution in [0.25, 0.3) is 0 Å². The van der Waals surface area contributed by atoms with Gasteiger partial charge in [0.25, 0.3) is 0 Å². The molecule has 0 aliphatic carbocycles. The molecule has 1 heterocycles. The number of anilines is 1. The minimum absolute atomic E-state index is 0.559. The number of nitrogens with one attached hydrogen (secondary N) is 1. The van der Waals surface area contributed by atoms with Gasteiger partial charge < -0.3 is 10.2 Å². The Bertz CT molecular complexity index is 425. The first-order chi connectivity index (χ1) is 9.08. The van der Waals surface area contributed by atoms with E-state index >= 15 is 0 Å². The first kappa shape index (κ1) is 14.3. The number of benzene rings is 1. The van der Waals surface area contributed by atoms with E-state index < -0.39 is 0 Å². The molecule has 2 nitrogen and oxygen atoms in total. The highest BCUT2D eigenvalue weighted by atomic mass is 32.1. The standard InChI is InChI=1S/C16H24N2S/c1-12(2)14-7-9-15(10-8-14)17-16(19)18-11-5-4-6-13(18)3/h7-10,12-13H,4-6,11H2,1-3H3,(H,17,19)/t13-/m0/s1. The van der Waals surface area contributed by atoms with Crippen molar-refractivity contribution in [2.75, 3.05) is 11.9 Å². The lowest BCUT2D eigenvalue weighted by molar-refractivity contribution is 0.262.